The molecule has 1 heterocycles. The van der Waals surface area contributed by atoms with E-state index in [1.165, 1.54) is 0 Å². The van der Waals surface area contributed by atoms with Crippen molar-refractivity contribution in [2.45, 2.75) is 0 Å². The number of nitrogens with zero attached hydrogens (tertiary/aromatic N) is 2. The van der Waals surface area contributed by atoms with Gasteiger partial charge in [0.1, 0.15) is 5.75 Å². The largest absolute Gasteiger partial charge is 0.495 e. The van der Waals surface area contributed by atoms with Crippen LogP contribution in [-0.4, -0.2) is 23.2 Å². The number of hydrogen-bond acceptors (Lipinski definition) is 5. The van der Waals surface area contributed by atoms with Crippen LogP contribution in [0.1, 0.15) is 10.4 Å². The van der Waals surface area contributed by atoms with E-state index in [2.05, 4.69) is 15.5 Å². The SMILES string of the molecule is COc1ccccc1NC(=O)c1ccc(-c2nc(-c3ccccc3)no2)cc1. The number of aromatic nitrogens is 2. The summed E-state index contributed by atoms with van der Waals surface area (Å²) in [6.45, 7) is 0. The van der Waals surface area contributed by atoms with E-state index in [4.69, 9.17) is 9.26 Å². The maximum Gasteiger partial charge on any atom is 0.258 e. The zero-order valence-electron chi connectivity index (χ0n) is 15.1. The fourth-order valence-electron chi connectivity index (χ4n) is 2.75. The zero-order chi connectivity index (χ0) is 19.3. The summed E-state index contributed by atoms with van der Waals surface area (Å²) in [5, 5.41) is 6.86. The quantitative estimate of drug-likeness (QED) is 0.552. The topological polar surface area (TPSA) is 77.2 Å². The van der Waals surface area contributed by atoms with Gasteiger partial charge in [0.05, 0.1) is 12.8 Å². The van der Waals surface area contributed by atoms with Crippen LogP contribution in [0.4, 0.5) is 5.69 Å². The van der Waals surface area contributed by atoms with Gasteiger partial charge in [-0.05, 0) is 36.4 Å². The maximum atomic E-state index is 12.5. The van der Waals surface area contributed by atoms with Gasteiger partial charge in [0.25, 0.3) is 11.8 Å². The molecule has 0 aliphatic carbocycles. The van der Waals surface area contributed by atoms with Crippen LogP contribution in [0.5, 0.6) is 5.75 Å². The highest BCUT2D eigenvalue weighted by atomic mass is 16.5. The van der Waals surface area contributed by atoms with Crippen molar-refractivity contribution in [2.75, 3.05) is 12.4 Å². The molecule has 1 amide bonds. The number of para-hydroxylation sites is 2. The van der Waals surface area contributed by atoms with Gasteiger partial charge in [-0.2, -0.15) is 4.98 Å². The molecule has 6 heteroatoms. The molecule has 0 fully saturated rings. The second-order valence-corrected chi connectivity index (χ2v) is 6.02. The second kappa shape index (κ2) is 7.75. The van der Waals surface area contributed by atoms with E-state index in [0.29, 0.717) is 28.7 Å². The number of methoxy groups -OCH3 is 1. The molecule has 1 N–H and O–H groups in total. The van der Waals surface area contributed by atoms with Crippen LogP contribution in [0, 0.1) is 0 Å². The van der Waals surface area contributed by atoms with E-state index in [9.17, 15) is 4.79 Å². The summed E-state index contributed by atoms with van der Waals surface area (Å²) in [5.41, 5.74) is 2.75. The Labute approximate surface area is 161 Å². The molecule has 3 aromatic carbocycles. The Morgan fingerprint density at radius 3 is 2.36 bits per heavy atom. The van der Waals surface area contributed by atoms with Crippen LogP contribution in [0.2, 0.25) is 0 Å². The minimum Gasteiger partial charge on any atom is -0.495 e. The first-order chi connectivity index (χ1) is 13.7. The van der Waals surface area contributed by atoms with Crippen molar-refractivity contribution in [2.24, 2.45) is 0 Å². The van der Waals surface area contributed by atoms with Gasteiger partial charge in [-0.3, -0.25) is 4.79 Å². The summed E-state index contributed by atoms with van der Waals surface area (Å²) < 4.78 is 10.6. The first-order valence-corrected chi connectivity index (χ1v) is 8.68. The number of carbonyl (C=O) groups is 1. The van der Waals surface area contributed by atoms with E-state index in [1.54, 1.807) is 43.5 Å². The average molecular weight is 371 g/mol. The number of carbonyl (C=O) groups excluding carboxylic acids is 1. The second-order valence-electron chi connectivity index (χ2n) is 6.02. The molecule has 0 spiro atoms. The third-order valence-electron chi connectivity index (χ3n) is 4.21. The monoisotopic (exact) mass is 371 g/mol. The molecule has 0 saturated carbocycles. The maximum absolute atomic E-state index is 12.5. The predicted molar refractivity (Wildman–Crippen MR) is 106 cm³/mol. The van der Waals surface area contributed by atoms with Crippen molar-refractivity contribution in [1.29, 1.82) is 0 Å². The molecular weight excluding hydrogens is 354 g/mol. The van der Waals surface area contributed by atoms with Crippen LogP contribution in [0.15, 0.2) is 83.4 Å². The zero-order valence-corrected chi connectivity index (χ0v) is 15.1. The van der Waals surface area contributed by atoms with Gasteiger partial charge < -0.3 is 14.6 Å². The third-order valence-corrected chi connectivity index (χ3v) is 4.21. The van der Waals surface area contributed by atoms with Crippen LogP contribution < -0.4 is 10.1 Å². The highest BCUT2D eigenvalue weighted by Gasteiger charge is 2.13. The van der Waals surface area contributed by atoms with E-state index in [1.807, 2.05) is 42.5 Å². The summed E-state index contributed by atoms with van der Waals surface area (Å²) in [6.07, 6.45) is 0. The van der Waals surface area contributed by atoms with Crippen molar-refractivity contribution in [1.82, 2.24) is 10.1 Å². The van der Waals surface area contributed by atoms with Gasteiger partial charge in [-0.1, -0.05) is 47.6 Å². The van der Waals surface area contributed by atoms with Gasteiger partial charge in [-0.15, -0.1) is 0 Å². The molecule has 0 unspecified atom stereocenters. The molecule has 0 saturated heterocycles. The van der Waals surface area contributed by atoms with Gasteiger partial charge >= 0.3 is 0 Å². The fraction of sp³-hybridized carbons (Fsp3) is 0.0455. The Morgan fingerprint density at radius 2 is 1.61 bits per heavy atom. The van der Waals surface area contributed by atoms with Crippen molar-refractivity contribution in [3.05, 3.63) is 84.4 Å². The molecule has 4 aromatic rings. The lowest BCUT2D eigenvalue weighted by atomic mass is 10.1. The number of hydrogen-bond donors (Lipinski definition) is 1. The normalized spacial score (nSPS) is 10.5. The standard InChI is InChI=1S/C22H17N3O3/c1-27-19-10-6-5-9-18(19)23-21(26)16-11-13-17(14-12-16)22-24-20(25-28-22)15-7-3-2-4-8-15/h2-14H,1H3,(H,23,26). The number of amides is 1. The first-order valence-electron chi connectivity index (χ1n) is 8.68. The molecule has 28 heavy (non-hydrogen) atoms. The van der Waals surface area contributed by atoms with Crippen LogP contribution in [-0.2, 0) is 0 Å². The van der Waals surface area contributed by atoms with Crippen LogP contribution in [0.3, 0.4) is 0 Å². The van der Waals surface area contributed by atoms with Gasteiger partial charge in [0, 0.05) is 16.7 Å². The third kappa shape index (κ3) is 3.61. The Morgan fingerprint density at radius 1 is 0.893 bits per heavy atom. The number of rotatable bonds is 5. The molecule has 1 aromatic heterocycles. The first kappa shape index (κ1) is 17.5. The Hall–Kier alpha value is -3.93. The number of anilines is 1. The highest BCUT2D eigenvalue weighted by Crippen LogP contribution is 2.25. The summed E-state index contributed by atoms with van der Waals surface area (Å²) >= 11 is 0. The van der Waals surface area contributed by atoms with Crippen LogP contribution >= 0.6 is 0 Å². The Bertz CT molecular complexity index is 1090. The Balaban J connectivity index is 1.51. The van der Waals surface area contributed by atoms with Crippen molar-refractivity contribution in [3.63, 3.8) is 0 Å². The molecular formula is C22H17N3O3. The van der Waals surface area contributed by atoms with E-state index in [-0.39, 0.29) is 5.91 Å². The minimum atomic E-state index is -0.230. The number of nitrogens with one attached hydrogen (secondary N) is 1. The summed E-state index contributed by atoms with van der Waals surface area (Å²) in [5.74, 6) is 1.29. The van der Waals surface area contributed by atoms with Crippen molar-refractivity contribution < 1.29 is 14.1 Å². The van der Waals surface area contributed by atoms with Crippen molar-refractivity contribution >= 4 is 11.6 Å². The van der Waals surface area contributed by atoms with Crippen LogP contribution in [0.25, 0.3) is 22.8 Å². The molecule has 0 aliphatic rings. The van der Waals surface area contributed by atoms with Gasteiger partial charge in [0.2, 0.25) is 5.82 Å². The molecule has 6 nitrogen and oxygen atoms in total. The van der Waals surface area contributed by atoms with E-state index < -0.39 is 0 Å². The predicted octanol–water partition coefficient (Wildman–Crippen LogP) is 4.66. The molecule has 0 radical (unpaired) electrons. The molecule has 138 valence electrons. The Kier molecular flexibility index (Phi) is 4.84. The smallest absolute Gasteiger partial charge is 0.258 e. The van der Waals surface area contributed by atoms with E-state index >= 15 is 0 Å². The highest BCUT2D eigenvalue weighted by molar-refractivity contribution is 6.05. The molecule has 0 bridgehead atoms. The molecule has 0 atom stereocenters. The fourth-order valence-corrected chi connectivity index (χ4v) is 2.75. The lowest BCUT2D eigenvalue weighted by molar-refractivity contribution is 0.102. The lowest BCUT2D eigenvalue weighted by Crippen LogP contribution is -2.12. The summed E-state index contributed by atoms with van der Waals surface area (Å²) in [6, 6.07) is 23.8. The number of benzene rings is 3. The van der Waals surface area contributed by atoms with Gasteiger partial charge in [0.15, 0.2) is 0 Å². The molecule has 4 rings (SSSR count). The minimum absolute atomic E-state index is 0.230. The lowest BCUT2D eigenvalue weighted by Gasteiger charge is -2.09. The summed E-state index contributed by atoms with van der Waals surface area (Å²) in [4.78, 5) is 16.9. The van der Waals surface area contributed by atoms with Gasteiger partial charge in [-0.25, -0.2) is 0 Å². The summed E-state index contributed by atoms with van der Waals surface area (Å²) in [7, 11) is 1.56. The number of ether oxygens (including phenoxy) is 1. The molecule has 0 aliphatic heterocycles. The van der Waals surface area contributed by atoms with Crippen molar-refractivity contribution in [3.8, 4) is 28.6 Å². The van der Waals surface area contributed by atoms with E-state index in [0.717, 1.165) is 11.1 Å². The average Bonchev–Trinajstić information content (AvgIpc) is 3.25.